The Morgan fingerprint density at radius 1 is 1.20 bits per heavy atom. The van der Waals surface area contributed by atoms with Crippen molar-refractivity contribution in [1.29, 1.82) is 0 Å². The Hall–Kier alpha value is -2.61. The maximum Gasteiger partial charge on any atom is 0.260 e. The summed E-state index contributed by atoms with van der Waals surface area (Å²) in [6.45, 7) is 3.89. The summed E-state index contributed by atoms with van der Waals surface area (Å²) in [5.74, 6) is -0.0782. The predicted molar refractivity (Wildman–Crippen MR) is 126 cm³/mol. The van der Waals surface area contributed by atoms with E-state index in [1.807, 2.05) is 50.2 Å². The zero-order valence-corrected chi connectivity index (χ0v) is 18.7. The number of aryl methyl sites for hydroxylation is 2. The lowest BCUT2D eigenvalue weighted by molar-refractivity contribution is -0.113. The number of benzene rings is 2. The summed E-state index contributed by atoms with van der Waals surface area (Å²) in [6.07, 6.45) is 0. The van der Waals surface area contributed by atoms with E-state index in [4.69, 9.17) is 11.6 Å². The van der Waals surface area contributed by atoms with Crippen molar-refractivity contribution >= 4 is 56.5 Å². The van der Waals surface area contributed by atoms with Gasteiger partial charge in [-0.15, -0.1) is 11.3 Å². The third-order valence-electron chi connectivity index (χ3n) is 4.57. The number of fused-ring (bicyclic) bond motifs is 1. The van der Waals surface area contributed by atoms with Crippen LogP contribution in [0.25, 0.3) is 21.3 Å². The number of thioether (sulfide) groups is 1. The lowest BCUT2D eigenvalue weighted by Crippen LogP contribution is -2.15. The Labute approximate surface area is 186 Å². The fourth-order valence-corrected chi connectivity index (χ4v) is 5.07. The number of rotatable bonds is 5. The number of hydrogen-bond acceptors (Lipinski definition) is 5. The maximum atomic E-state index is 12.8. The van der Waals surface area contributed by atoms with Gasteiger partial charge in [0.15, 0.2) is 5.16 Å². The third kappa shape index (κ3) is 4.28. The smallest absolute Gasteiger partial charge is 0.260 e. The lowest BCUT2D eigenvalue weighted by atomic mass is 10.0. The zero-order valence-electron chi connectivity index (χ0n) is 16.3. The molecule has 1 amide bonds. The molecule has 2 heterocycles. The van der Waals surface area contributed by atoms with Gasteiger partial charge in [0.25, 0.3) is 5.56 Å². The van der Waals surface area contributed by atoms with Gasteiger partial charge in [0.1, 0.15) is 4.83 Å². The summed E-state index contributed by atoms with van der Waals surface area (Å²) in [6, 6.07) is 15.2. The second kappa shape index (κ2) is 8.63. The van der Waals surface area contributed by atoms with Gasteiger partial charge in [0.2, 0.25) is 5.91 Å². The highest BCUT2D eigenvalue weighted by molar-refractivity contribution is 7.99. The molecule has 4 aromatic rings. The largest absolute Gasteiger partial charge is 0.325 e. The number of carbonyl (C=O) groups excluding carboxylic acids is 1. The molecule has 0 bridgehead atoms. The van der Waals surface area contributed by atoms with Crippen molar-refractivity contribution in [1.82, 2.24) is 9.97 Å². The van der Waals surface area contributed by atoms with Gasteiger partial charge in [0.05, 0.1) is 11.1 Å². The number of anilines is 1. The van der Waals surface area contributed by atoms with Gasteiger partial charge >= 0.3 is 0 Å². The summed E-state index contributed by atoms with van der Waals surface area (Å²) in [7, 11) is 0. The molecule has 0 spiro atoms. The number of thiophene rings is 1. The Morgan fingerprint density at radius 3 is 2.70 bits per heavy atom. The van der Waals surface area contributed by atoms with Crippen LogP contribution in [0.3, 0.4) is 0 Å². The molecular formula is C22H18ClN3O2S2. The van der Waals surface area contributed by atoms with E-state index in [1.165, 1.54) is 23.1 Å². The average Bonchev–Trinajstić information content (AvgIpc) is 3.06. The third-order valence-corrected chi connectivity index (χ3v) is 6.85. The summed E-state index contributed by atoms with van der Waals surface area (Å²) < 4.78 is 0. The van der Waals surface area contributed by atoms with Crippen LogP contribution >= 0.6 is 34.7 Å². The number of halogens is 1. The molecule has 4 rings (SSSR count). The SMILES string of the molecule is Cc1ccc(NC(=O)CSc2nc3sc(C)c(-c4ccccc4)c3c(=O)[nH]2)cc1Cl. The quantitative estimate of drug-likeness (QED) is 0.301. The topological polar surface area (TPSA) is 74.8 Å². The summed E-state index contributed by atoms with van der Waals surface area (Å²) in [5, 5.41) is 4.41. The molecule has 2 aromatic heterocycles. The molecule has 30 heavy (non-hydrogen) atoms. The Morgan fingerprint density at radius 2 is 1.97 bits per heavy atom. The van der Waals surface area contributed by atoms with E-state index < -0.39 is 0 Å². The van der Waals surface area contributed by atoms with Gasteiger partial charge in [0, 0.05) is 21.2 Å². The second-order valence-electron chi connectivity index (χ2n) is 6.75. The van der Waals surface area contributed by atoms with Gasteiger partial charge in [-0.3, -0.25) is 9.59 Å². The molecule has 0 aliphatic rings. The molecule has 0 aliphatic carbocycles. The number of nitrogens with zero attached hydrogens (tertiary/aromatic N) is 1. The fraction of sp³-hybridized carbons (Fsp3) is 0.136. The maximum absolute atomic E-state index is 12.8. The van der Waals surface area contributed by atoms with Crippen molar-refractivity contribution in [2.75, 3.05) is 11.1 Å². The predicted octanol–water partition coefficient (Wildman–Crippen LogP) is 5.65. The normalized spacial score (nSPS) is 11.0. The molecule has 0 fully saturated rings. The van der Waals surface area contributed by atoms with Crippen molar-refractivity contribution < 1.29 is 4.79 Å². The summed E-state index contributed by atoms with van der Waals surface area (Å²) in [4.78, 5) is 34.2. The summed E-state index contributed by atoms with van der Waals surface area (Å²) in [5.41, 5.74) is 3.28. The number of carbonyl (C=O) groups is 1. The van der Waals surface area contributed by atoms with Crippen LogP contribution < -0.4 is 10.9 Å². The van der Waals surface area contributed by atoms with E-state index in [0.717, 1.165) is 21.6 Å². The second-order valence-corrected chi connectivity index (χ2v) is 9.33. The van der Waals surface area contributed by atoms with Gasteiger partial charge in [-0.05, 0) is 37.1 Å². The van der Waals surface area contributed by atoms with Crippen LogP contribution in [-0.2, 0) is 4.79 Å². The minimum Gasteiger partial charge on any atom is -0.325 e. The minimum absolute atomic E-state index is 0.121. The van der Waals surface area contributed by atoms with Crippen LogP contribution in [0.4, 0.5) is 5.69 Å². The molecule has 5 nitrogen and oxygen atoms in total. The molecular weight excluding hydrogens is 438 g/mol. The molecule has 0 radical (unpaired) electrons. The molecule has 0 aliphatic heterocycles. The first kappa shape index (κ1) is 20.7. The molecule has 2 N–H and O–H groups in total. The zero-order chi connectivity index (χ0) is 21.3. The van der Waals surface area contributed by atoms with Crippen LogP contribution in [0, 0.1) is 13.8 Å². The average molecular weight is 456 g/mol. The van der Waals surface area contributed by atoms with Crippen molar-refractivity contribution in [3.05, 3.63) is 74.3 Å². The van der Waals surface area contributed by atoms with E-state index >= 15 is 0 Å². The number of aromatic nitrogens is 2. The van der Waals surface area contributed by atoms with Crippen LogP contribution in [0.15, 0.2) is 58.5 Å². The van der Waals surface area contributed by atoms with E-state index in [1.54, 1.807) is 12.1 Å². The molecule has 0 unspecified atom stereocenters. The monoisotopic (exact) mass is 455 g/mol. The lowest BCUT2D eigenvalue weighted by Gasteiger charge is -2.07. The van der Waals surface area contributed by atoms with Gasteiger partial charge < -0.3 is 10.3 Å². The van der Waals surface area contributed by atoms with Crippen LogP contribution in [0.5, 0.6) is 0 Å². The van der Waals surface area contributed by atoms with Crippen molar-refractivity contribution in [2.24, 2.45) is 0 Å². The summed E-state index contributed by atoms with van der Waals surface area (Å²) >= 11 is 8.77. The van der Waals surface area contributed by atoms with Crippen molar-refractivity contribution in [3.8, 4) is 11.1 Å². The Bertz CT molecular complexity index is 1300. The first-order valence-corrected chi connectivity index (χ1v) is 11.4. The van der Waals surface area contributed by atoms with Gasteiger partial charge in [-0.1, -0.05) is 59.8 Å². The van der Waals surface area contributed by atoms with Crippen molar-refractivity contribution in [3.63, 3.8) is 0 Å². The van der Waals surface area contributed by atoms with E-state index in [0.29, 0.717) is 26.1 Å². The molecule has 152 valence electrons. The van der Waals surface area contributed by atoms with Crippen molar-refractivity contribution in [2.45, 2.75) is 19.0 Å². The standard InChI is InChI=1S/C22H18ClN3O2S2/c1-12-8-9-15(10-16(12)23)24-17(27)11-29-22-25-20(28)19-18(13(2)30-21(19)26-22)14-6-4-3-5-7-14/h3-10H,11H2,1-2H3,(H,24,27)(H,25,26,28). The molecule has 0 atom stereocenters. The number of hydrogen-bond donors (Lipinski definition) is 2. The Kier molecular flexibility index (Phi) is 5.94. The van der Waals surface area contributed by atoms with Crippen LogP contribution in [0.1, 0.15) is 10.4 Å². The number of nitrogens with one attached hydrogen (secondary N) is 2. The van der Waals surface area contributed by atoms with E-state index in [9.17, 15) is 9.59 Å². The molecule has 2 aromatic carbocycles. The van der Waals surface area contributed by atoms with Crippen LogP contribution in [-0.4, -0.2) is 21.6 Å². The number of H-pyrrole nitrogens is 1. The van der Waals surface area contributed by atoms with Crippen LogP contribution in [0.2, 0.25) is 5.02 Å². The first-order valence-electron chi connectivity index (χ1n) is 9.20. The molecule has 0 saturated carbocycles. The first-order chi connectivity index (χ1) is 14.4. The fourth-order valence-electron chi connectivity index (χ4n) is 3.12. The highest BCUT2D eigenvalue weighted by atomic mass is 35.5. The highest BCUT2D eigenvalue weighted by Crippen LogP contribution is 2.35. The number of amides is 1. The molecule has 8 heteroatoms. The number of aromatic amines is 1. The highest BCUT2D eigenvalue weighted by Gasteiger charge is 2.17. The van der Waals surface area contributed by atoms with E-state index in [2.05, 4.69) is 15.3 Å². The Balaban J connectivity index is 1.53. The minimum atomic E-state index is -0.199. The molecule has 0 saturated heterocycles. The van der Waals surface area contributed by atoms with Gasteiger partial charge in [-0.25, -0.2) is 4.98 Å². The van der Waals surface area contributed by atoms with Gasteiger partial charge in [-0.2, -0.15) is 0 Å². The van der Waals surface area contributed by atoms with E-state index in [-0.39, 0.29) is 17.2 Å².